The summed E-state index contributed by atoms with van der Waals surface area (Å²) >= 11 is 0. The number of likely N-dealkylation sites (tertiary alicyclic amines) is 1. The number of β-amino-alcohol motifs (C(OH)–C–C–N with tert-alkyl or cyclic N) is 1. The predicted molar refractivity (Wildman–Crippen MR) is 116 cm³/mol. The van der Waals surface area contributed by atoms with Crippen LogP contribution in [0.3, 0.4) is 0 Å². The standard InChI is InChI=1S/C23H29FN4O2/c1-15(2)17-5-3-16(4-6-17)14-30-22-13-28(9-10-29)12-21(22)27-23-25-19-8-7-18(24)11-20(19)26-23/h3-8,11,15,21-22,29H,9-10,12-14H2,1-2H3,(H2,25,26,27)/t21?,22-/m0/s1. The van der Waals surface area contributed by atoms with Gasteiger partial charge in [0, 0.05) is 19.6 Å². The first-order chi connectivity index (χ1) is 14.5. The number of hydrogen-bond acceptors (Lipinski definition) is 5. The Balaban J connectivity index is 1.43. The molecule has 0 radical (unpaired) electrons. The van der Waals surface area contributed by atoms with E-state index in [0.717, 1.165) is 18.7 Å². The highest BCUT2D eigenvalue weighted by Gasteiger charge is 2.33. The minimum atomic E-state index is -0.294. The van der Waals surface area contributed by atoms with Crippen LogP contribution in [0.5, 0.6) is 0 Å². The molecule has 2 heterocycles. The lowest BCUT2D eigenvalue weighted by molar-refractivity contribution is 0.0406. The van der Waals surface area contributed by atoms with Gasteiger partial charge in [-0.3, -0.25) is 4.90 Å². The third kappa shape index (κ3) is 4.80. The van der Waals surface area contributed by atoms with Gasteiger partial charge in [-0.25, -0.2) is 9.37 Å². The number of nitrogens with one attached hydrogen (secondary N) is 2. The number of imidazole rings is 1. The predicted octanol–water partition coefficient (Wildman–Crippen LogP) is 3.50. The second-order valence-electron chi connectivity index (χ2n) is 8.23. The second kappa shape index (κ2) is 9.12. The molecular formula is C23H29FN4O2. The minimum Gasteiger partial charge on any atom is -0.395 e. The summed E-state index contributed by atoms with van der Waals surface area (Å²) in [4.78, 5) is 9.82. The minimum absolute atomic E-state index is 0.0110. The van der Waals surface area contributed by atoms with E-state index in [1.807, 2.05) is 0 Å². The van der Waals surface area contributed by atoms with E-state index < -0.39 is 0 Å². The van der Waals surface area contributed by atoms with Gasteiger partial charge < -0.3 is 20.1 Å². The molecule has 1 saturated heterocycles. The summed E-state index contributed by atoms with van der Waals surface area (Å²) in [6, 6.07) is 13.1. The average molecular weight is 413 g/mol. The van der Waals surface area contributed by atoms with Crippen molar-refractivity contribution in [2.75, 3.05) is 31.6 Å². The van der Waals surface area contributed by atoms with Gasteiger partial charge in [0.25, 0.3) is 0 Å². The van der Waals surface area contributed by atoms with Gasteiger partial charge in [-0.15, -0.1) is 0 Å². The van der Waals surface area contributed by atoms with Crippen LogP contribution < -0.4 is 5.32 Å². The molecule has 3 N–H and O–H groups in total. The maximum absolute atomic E-state index is 13.5. The maximum atomic E-state index is 13.5. The molecule has 0 saturated carbocycles. The third-order valence-corrected chi connectivity index (χ3v) is 5.63. The molecule has 0 aliphatic carbocycles. The number of aromatic amines is 1. The van der Waals surface area contributed by atoms with E-state index in [-0.39, 0.29) is 24.6 Å². The van der Waals surface area contributed by atoms with Gasteiger partial charge in [0.2, 0.25) is 5.95 Å². The molecule has 1 aliphatic heterocycles. The molecule has 2 atom stereocenters. The highest BCUT2D eigenvalue weighted by molar-refractivity contribution is 5.77. The van der Waals surface area contributed by atoms with Gasteiger partial charge in [0.15, 0.2) is 0 Å². The first-order valence-corrected chi connectivity index (χ1v) is 10.5. The number of aliphatic hydroxyl groups is 1. The Kier molecular flexibility index (Phi) is 6.32. The van der Waals surface area contributed by atoms with Gasteiger partial charge in [-0.05, 0) is 35.2 Å². The SMILES string of the molecule is CC(C)c1ccc(CO[C@H]2CN(CCO)CC2Nc2nc3ccc(F)cc3[nH]2)cc1. The quantitative estimate of drug-likeness (QED) is 0.528. The molecule has 2 aromatic carbocycles. The zero-order chi connectivity index (χ0) is 21.1. The fraction of sp³-hybridized carbons (Fsp3) is 0.435. The van der Waals surface area contributed by atoms with Crippen LogP contribution in [0.4, 0.5) is 10.3 Å². The van der Waals surface area contributed by atoms with Gasteiger partial charge in [-0.1, -0.05) is 38.1 Å². The number of rotatable bonds is 8. The topological polar surface area (TPSA) is 73.4 Å². The molecule has 30 heavy (non-hydrogen) atoms. The number of nitrogens with zero attached hydrogens (tertiary/aromatic N) is 2. The number of fused-ring (bicyclic) bond motifs is 1. The molecule has 7 heteroatoms. The monoisotopic (exact) mass is 412 g/mol. The fourth-order valence-electron chi connectivity index (χ4n) is 3.91. The van der Waals surface area contributed by atoms with Crippen molar-refractivity contribution in [1.29, 1.82) is 0 Å². The molecule has 1 aliphatic rings. The number of halogens is 1. The number of benzene rings is 2. The van der Waals surface area contributed by atoms with Crippen molar-refractivity contribution in [1.82, 2.24) is 14.9 Å². The largest absolute Gasteiger partial charge is 0.395 e. The normalized spacial score (nSPS) is 19.8. The van der Waals surface area contributed by atoms with Gasteiger partial charge in [-0.2, -0.15) is 0 Å². The van der Waals surface area contributed by atoms with Crippen LogP contribution in [0.1, 0.15) is 30.9 Å². The highest BCUT2D eigenvalue weighted by Crippen LogP contribution is 2.22. The maximum Gasteiger partial charge on any atom is 0.201 e. The number of hydrogen-bond donors (Lipinski definition) is 3. The number of H-pyrrole nitrogens is 1. The Hall–Kier alpha value is -2.48. The zero-order valence-electron chi connectivity index (χ0n) is 17.4. The van der Waals surface area contributed by atoms with Crippen molar-refractivity contribution < 1.29 is 14.2 Å². The summed E-state index contributed by atoms with van der Waals surface area (Å²) in [6.45, 7) is 7.08. The lowest BCUT2D eigenvalue weighted by atomic mass is 10.0. The Morgan fingerprint density at radius 3 is 2.77 bits per heavy atom. The molecule has 6 nitrogen and oxygen atoms in total. The summed E-state index contributed by atoms with van der Waals surface area (Å²) in [7, 11) is 0. The molecule has 0 spiro atoms. The van der Waals surface area contributed by atoms with Crippen LogP contribution in [0.25, 0.3) is 11.0 Å². The van der Waals surface area contributed by atoms with Crippen molar-refractivity contribution in [2.45, 2.75) is 38.5 Å². The molecule has 1 unspecified atom stereocenters. The summed E-state index contributed by atoms with van der Waals surface area (Å²) in [5.74, 6) is 0.812. The number of aliphatic hydroxyl groups excluding tert-OH is 1. The molecular weight excluding hydrogens is 383 g/mol. The van der Waals surface area contributed by atoms with Gasteiger partial charge >= 0.3 is 0 Å². The smallest absolute Gasteiger partial charge is 0.201 e. The first-order valence-electron chi connectivity index (χ1n) is 10.5. The lowest BCUT2D eigenvalue weighted by Crippen LogP contribution is -2.34. The zero-order valence-corrected chi connectivity index (χ0v) is 17.4. The molecule has 1 fully saturated rings. The average Bonchev–Trinajstić information content (AvgIpc) is 3.29. The van der Waals surface area contributed by atoms with Gasteiger partial charge in [0.1, 0.15) is 5.82 Å². The molecule has 4 rings (SSSR count). The molecule has 160 valence electrons. The fourth-order valence-corrected chi connectivity index (χ4v) is 3.91. The van der Waals surface area contributed by atoms with Crippen LogP contribution in [0.2, 0.25) is 0 Å². The Morgan fingerprint density at radius 1 is 1.23 bits per heavy atom. The van der Waals surface area contributed by atoms with Crippen molar-refractivity contribution in [2.24, 2.45) is 0 Å². The summed E-state index contributed by atoms with van der Waals surface area (Å²) in [6.07, 6.45) is -0.0497. The molecule has 1 aromatic heterocycles. The summed E-state index contributed by atoms with van der Waals surface area (Å²) < 4.78 is 19.7. The lowest BCUT2D eigenvalue weighted by Gasteiger charge is -2.20. The third-order valence-electron chi connectivity index (χ3n) is 5.63. The first kappa shape index (κ1) is 20.8. The number of aromatic nitrogens is 2. The Morgan fingerprint density at radius 2 is 2.03 bits per heavy atom. The van der Waals surface area contributed by atoms with Crippen molar-refractivity contribution in [3.63, 3.8) is 0 Å². The van der Waals surface area contributed by atoms with E-state index in [0.29, 0.717) is 36.1 Å². The Labute approximate surface area is 176 Å². The van der Waals surface area contributed by atoms with E-state index in [2.05, 4.69) is 58.3 Å². The van der Waals surface area contributed by atoms with Crippen LogP contribution in [-0.2, 0) is 11.3 Å². The highest BCUT2D eigenvalue weighted by atomic mass is 19.1. The van der Waals surface area contributed by atoms with E-state index in [9.17, 15) is 9.50 Å². The van der Waals surface area contributed by atoms with Crippen molar-refractivity contribution >= 4 is 17.0 Å². The number of anilines is 1. The van der Waals surface area contributed by atoms with Crippen LogP contribution in [-0.4, -0.2) is 58.4 Å². The molecule has 0 amide bonds. The number of ether oxygens (including phenoxy) is 1. The Bertz CT molecular complexity index is 973. The van der Waals surface area contributed by atoms with Crippen LogP contribution in [0, 0.1) is 5.82 Å². The van der Waals surface area contributed by atoms with Gasteiger partial charge in [0.05, 0.1) is 36.4 Å². The van der Waals surface area contributed by atoms with Crippen molar-refractivity contribution in [3.8, 4) is 0 Å². The van der Waals surface area contributed by atoms with E-state index in [1.54, 1.807) is 6.07 Å². The summed E-state index contributed by atoms with van der Waals surface area (Å²) in [5.41, 5.74) is 3.82. The van der Waals surface area contributed by atoms with E-state index >= 15 is 0 Å². The van der Waals surface area contributed by atoms with E-state index in [1.165, 1.54) is 17.7 Å². The molecule has 3 aromatic rings. The van der Waals surface area contributed by atoms with Crippen molar-refractivity contribution in [3.05, 3.63) is 59.4 Å². The molecule has 0 bridgehead atoms. The second-order valence-corrected chi connectivity index (χ2v) is 8.23. The van der Waals surface area contributed by atoms with Crippen LogP contribution in [0.15, 0.2) is 42.5 Å². The van der Waals surface area contributed by atoms with E-state index in [4.69, 9.17) is 4.74 Å². The summed E-state index contributed by atoms with van der Waals surface area (Å²) in [5, 5.41) is 12.7. The van der Waals surface area contributed by atoms with Crippen LogP contribution >= 0.6 is 0 Å².